The summed E-state index contributed by atoms with van der Waals surface area (Å²) in [5, 5.41) is 30.8. The monoisotopic (exact) mass is 446 g/mol. The smallest absolute Gasteiger partial charge is 0.110 e. The molecule has 0 aromatic rings. The Morgan fingerprint density at radius 2 is 1.72 bits per heavy atom. The van der Waals surface area contributed by atoms with E-state index >= 15 is 0 Å². The minimum Gasteiger partial charge on any atom is -0.378 e. The number of aliphatic hydroxyl groups excluding tert-OH is 1. The third-order valence-electron chi connectivity index (χ3n) is 6.55. The second kappa shape index (κ2) is 14.6. The summed E-state index contributed by atoms with van der Waals surface area (Å²) >= 11 is 0. The van der Waals surface area contributed by atoms with Crippen molar-refractivity contribution in [1.82, 2.24) is 15.1 Å². The Kier molecular flexibility index (Phi) is 13.0. The van der Waals surface area contributed by atoms with Crippen LogP contribution < -0.4 is 5.32 Å². The third kappa shape index (κ3) is 9.96. The van der Waals surface area contributed by atoms with Crippen LogP contribution in [0.5, 0.6) is 0 Å². The molecule has 182 valence electrons. The highest BCUT2D eigenvalue weighted by molar-refractivity contribution is 5.59. The van der Waals surface area contributed by atoms with Crippen LogP contribution in [-0.4, -0.2) is 79.2 Å². The van der Waals surface area contributed by atoms with Gasteiger partial charge in [0.15, 0.2) is 0 Å². The molecule has 0 radical (unpaired) electrons. The topological polar surface area (TPSA) is 98.7 Å². The molecule has 0 amide bonds. The van der Waals surface area contributed by atoms with Crippen molar-refractivity contribution in [3.05, 3.63) is 0 Å². The van der Waals surface area contributed by atoms with Gasteiger partial charge < -0.3 is 10.4 Å². The maximum Gasteiger partial charge on any atom is 0.110 e. The van der Waals surface area contributed by atoms with E-state index in [1.165, 1.54) is 32.1 Å². The van der Waals surface area contributed by atoms with Gasteiger partial charge in [0.1, 0.15) is 11.8 Å². The van der Waals surface area contributed by atoms with Crippen molar-refractivity contribution in [2.45, 2.75) is 84.4 Å². The molecule has 7 heteroatoms. The molecule has 2 saturated carbocycles. The van der Waals surface area contributed by atoms with Gasteiger partial charge in [-0.2, -0.15) is 10.5 Å². The Balaban J connectivity index is 0.000000477. The van der Waals surface area contributed by atoms with Crippen LogP contribution in [0.1, 0.15) is 72.6 Å². The minimum atomic E-state index is -0.376. The van der Waals surface area contributed by atoms with Gasteiger partial charge in [0.2, 0.25) is 0 Å². The van der Waals surface area contributed by atoms with Crippen molar-refractivity contribution in [3.8, 4) is 12.1 Å². The molecule has 3 fully saturated rings. The van der Waals surface area contributed by atoms with Gasteiger partial charge in [-0.15, -0.1) is 0 Å². The molecule has 0 aromatic heterocycles. The first-order chi connectivity index (χ1) is 15.3. The number of aliphatic hydroxyl groups is 1. The minimum absolute atomic E-state index is 0.111. The van der Waals surface area contributed by atoms with Crippen LogP contribution in [-0.2, 0) is 0 Å². The summed E-state index contributed by atoms with van der Waals surface area (Å²) in [6.45, 7) is 13.1. The zero-order valence-electron chi connectivity index (χ0n) is 21.1. The quantitative estimate of drug-likeness (QED) is 0.582. The van der Waals surface area contributed by atoms with Crippen LogP contribution in [0.3, 0.4) is 0 Å². The fourth-order valence-corrected chi connectivity index (χ4v) is 3.98. The highest BCUT2D eigenvalue weighted by Gasteiger charge is 2.41. The van der Waals surface area contributed by atoms with Crippen molar-refractivity contribution in [2.75, 3.05) is 46.3 Å². The highest BCUT2D eigenvalue weighted by atomic mass is 16.3. The lowest BCUT2D eigenvalue weighted by Crippen LogP contribution is -2.52. The first-order valence-corrected chi connectivity index (χ1v) is 12.5. The SMILES string of the molecule is CC.CC(C)(C#N)CN=CCN1CCN(C(O)C2CCCCC2)CC1.CNC1(C#N)CC1. The summed E-state index contributed by atoms with van der Waals surface area (Å²) in [6.07, 6.45) is 9.99. The standard InChI is InChI=1S/C18H32N4O.C5H8N2.C2H6/c1-18(2,14-19)15-20-8-9-21-10-12-22(13-11-21)17(23)16-6-4-3-5-7-16;1-7-5(4-6)2-3-5;1-2/h8,16-17,23H,3-7,9-13,15H2,1-2H3;7H,2-3H2,1H3;1-2H3. The second-order valence-electron chi connectivity index (χ2n) is 9.61. The van der Waals surface area contributed by atoms with Gasteiger partial charge in [-0.1, -0.05) is 33.1 Å². The first-order valence-electron chi connectivity index (χ1n) is 12.5. The molecule has 2 N–H and O–H groups in total. The average molecular weight is 447 g/mol. The molecule has 0 aromatic carbocycles. The highest BCUT2D eigenvalue weighted by Crippen LogP contribution is 2.33. The van der Waals surface area contributed by atoms with Gasteiger partial charge >= 0.3 is 0 Å². The number of nitriles is 2. The molecule has 0 spiro atoms. The predicted molar refractivity (Wildman–Crippen MR) is 131 cm³/mol. The lowest BCUT2D eigenvalue weighted by Gasteiger charge is -2.40. The molecule has 7 nitrogen and oxygen atoms in total. The molecule has 3 rings (SSSR count). The van der Waals surface area contributed by atoms with E-state index in [4.69, 9.17) is 10.5 Å². The van der Waals surface area contributed by atoms with E-state index in [0.29, 0.717) is 12.5 Å². The summed E-state index contributed by atoms with van der Waals surface area (Å²) in [4.78, 5) is 9.00. The molecule has 1 unspecified atom stereocenters. The maximum atomic E-state index is 10.6. The fourth-order valence-electron chi connectivity index (χ4n) is 3.98. The third-order valence-corrected chi connectivity index (χ3v) is 6.55. The largest absolute Gasteiger partial charge is 0.378 e. The summed E-state index contributed by atoms with van der Waals surface area (Å²) < 4.78 is 0. The van der Waals surface area contributed by atoms with Gasteiger partial charge in [-0.05, 0) is 52.5 Å². The average Bonchev–Trinajstić information content (AvgIpc) is 3.65. The number of hydrogen-bond donors (Lipinski definition) is 2. The molecule has 1 saturated heterocycles. The zero-order chi connectivity index (χ0) is 24.0. The number of piperazine rings is 1. The molecular weight excluding hydrogens is 400 g/mol. The van der Waals surface area contributed by atoms with E-state index in [9.17, 15) is 5.11 Å². The first kappa shape index (κ1) is 28.5. The van der Waals surface area contributed by atoms with Crippen LogP contribution in [0, 0.1) is 34.0 Å². The molecule has 3 aliphatic rings. The van der Waals surface area contributed by atoms with Crippen molar-refractivity contribution in [3.63, 3.8) is 0 Å². The molecule has 2 aliphatic carbocycles. The van der Waals surface area contributed by atoms with Gasteiger partial charge in [0.05, 0.1) is 24.1 Å². The lowest BCUT2D eigenvalue weighted by atomic mass is 9.87. The molecule has 1 aliphatic heterocycles. The maximum absolute atomic E-state index is 10.6. The second-order valence-corrected chi connectivity index (χ2v) is 9.61. The van der Waals surface area contributed by atoms with Crippen molar-refractivity contribution in [2.24, 2.45) is 16.3 Å². The number of nitrogens with one attached hydrogen (secondary N) is 1. The zero-order valence-corrected chi connectivity index (χ0v) is 21.1. The van der Waals surface area contributed by atoms with Crippen molar-refractivity contribution >= 4 is 6.21 Å². The van der Waals surface area contributed by atoms with Crippen LogP contribution in [0.4, 0.5) is 0 Å². The fraction of sp³-hybridized carbons (Fsp3) is 0.880. The Labute approximate surface area is 196 Å². The van der Waals surface area contributed by atoms with E-state index in [2.05, 4.69) is 32.2 Å². The summed E-state index contributed by atoms with van der Waals surface area (Å²) in [6, 6.07) is 4.46. The van der Waals surface area contributed by atoms with E-state index in [-0.39, 0.29) is 17.2 Å². The van der Waals surface area contributed by atoms with Gasteiger partial charge in [0.25, 0.3) is 0 Å². The number of hydrogen-bond acceptors (Lipinski definition) is 7. The number of nitrogens with zero attached hydrogens (tertiary/aromatic N) is 5. The van der Waals surface area contributed by atoms with Crippen molar-refractivity contribution < 1.29 is 5.11 Å². The van der Waals surface area contributed by atoms with Crippen LogP contribution in [0.25, 0.3) is 0 Å². The van der Waals surface area contributed by atoms with Gasteiger partial charge in [-0.25, -0.2) is 0 Å². The molecule has 1 atom stereocenters. The summed E-state index contributed by atoms with van der Waals surface area (Å²) in [7, 11) is 1.83. The van der Waals surface area contributed by atoms with Crippen LogP contribution in [0.2, 0.25) is 0 Å². The van der Waals surface area contributed by atoms with Crippen LogP contribution >= 0.6 is 0 Å². The Bertz CT molecular complexity index is 617. The van der Waals surface area contributed by atoms with E-state index in [1.54, 1.807) is 0 Å². The number of aliphatic imine (C=N–C) groups is 1. The Morgan fingerprint density at radius 1 is 1.12 bits per heavy atom. The van der Waals surface area contributed by atoms with E-state index in [1.807, 2.05) is 41.0 Å². The molecule has 0 bridgehead atoms. The lowest BCUT2D eigenvalue weighted by molar-refractivity contribution is -0.0680. The Hall–Kier alpha value is -1.51. The molecule has 32 heavy (non-hydrogen) atoms. The predicted octanol–water partition coefficient (Wildman–Crippen LogP) is 3.41. The molecule has 1 heterocycles. The van der Waals surface area contributed by atoms with Gasteiger partial charge in [0, 0.05) is 38.9 Å². The summed E-state index contributed by atoms with van der Waals surface area (Å²) in [5.41, 5.74) is -0.487. The molecular formula is C25H46N6O. The Morgan fingerprint density at radius 3 is 2.16 bits per heavy atom. The number of rotatable bonds is 7. The normalized spacial score (nSPS) is 22.5. The van der Waals surface area contributed by atoms with E-state index < -0.39 is 0 Å². The van der Waals surface area contributed by atoms with Crippen LogP contribution in [0.15, 0.2) is 4.99 Å². The van der Waals surface area contributed by atoms with Crippen molar-refractivity contribution in [1.29, 1.82) is 10.5 Å². The van der Waals surface area contributed by atoms with Gasteiger partial charge in [-0.3, -0.25) is 14.8 Å². The summed E-state index contributed by atoms with van der Waals surface area (Å²) in [5.74, 6) is 0.477. The van der Waals surface area contributed by atoms with E-state index in [0.717, 1.165) is 45.6 Å².